The van der Waals surface area contributed by atoms with Crippen molar-refractivity contribution in [2.75, 3.05) is 25.6 Å². The van der Waals surface area contributed by atoms with Crippen molar-refractivity contribution in [3.05, 3.63) is 21.0 Å². The van der Waals surface area contributed by atoms with Gasteiger partial charge < -0.3 is 14.8 Å². The van der Waals surface area contributed by atoms with Crippen LogP contribution in [0.2, 0.25) is 0 Å². The van der Waals surface area contributed by atoms with Gasteiger partial charge in [0.25, 0.3) is 5.56 Å². The second-order valence-electron chi connectivity index (χ2n) is 4.96. The molecule has 0 aliphatic carbocycles. The fourth-order valence-corrected chi connectivity index (χ4v) is 2.08. The lowest BCUT2D eigenvalue weighted by molar-refractivity contribution is -0.141. The third-order valence-electron chi connectivity index (χ3n) is 2.73. The van der Waals surface area contributed by atoms with Gasteiger partial charge in [0.2, 0.25) is 0 Å². The molecule has 0 fully saturated rings. The zero-order chi connectivity index (χ0) is 16.0. The van der Waals surface area contributed by atoms with E-state index in [2.05, 4.69) is 31.1 Å². The fourth-order valence-electron chi connectivity index (χ4n) is 1.64. The van der Waals surface area contributed by atoms with Gasteiger partial charge in [-0.3, -0.25) is 9.59 Å². The Kier molecular flexibility index (Phi) is 6.35. The molecule has 0 amide bonds. The van der Waals surface area contributed by atoms with Crippen LogP contribution >= 0.6 is 15.9 Å². The fraction of sp³-hybridized carbons (Fsp3) is 0.615. The third kappa shape index (κ3) is 5.13. The maximum absolute atomic E-state index is 12.1. The molecular formula is C13H20BrN3O4. The highest BCUT2D eigenvalue weighted by molar-refractivity contribution is 9.10. The summed E-state index contributed by atoms with van der Waals surface area (Å²) in [5.74, 6) is -0.533. The molecular weight excluding hydrogens is 342 g/mol. The summed E-state index contributed by atoms with van der Waals surface area (Å²) in [6, 6.07) is 0. The van der Waals surface area contributed by atoms with Crippen LogP contribution in [0.25, 0.3) is 0 Å². The summed E-state index contributed by atoms with van der Waals surface area (Å²) in [4.78, 5) is 23.3. The van der Waals surface area contributed by atoms with Crippen molar-refractivity contribution < 1.29 is 14.3 Å². The first-order valence-electron chi connectivity index (χ1n) is 6.51. The largest absolute Gasteiger partial charge is 0.468 e. The zero-order valence-corrected chi connectivity index (χ0v) is 14.2. The van der Waals surface area contributed by atoms with Gasteiger partial charge in [-0.15, -0.1) is 0 Å². The number of anilines is 1. The summed E-state index contributed by atoms with van der Waals surface area (Å²) >= 11 is 3.22. The Morgan fingerprint density at radius 1 is 1.52 bits per heavy atom. The van der Waals surface area contributed by atoms with Crippen molar-refractivity contribution in [1.82, 2.24) is 9.78 Å². The number of methoxy groups -OCH3 is 1. The van der Waals surface area contributed by atoms with E-state index in [4.69, 9.17) is 4.74 Å². The minimum Gasteiger partial charge on any atom is -0.468 e. The number of aromatic nitrogens is 2. The van der Waals surface area contributed by atoms with Crippen molar-refractivity contribution in [3.8, 4) is 0 Å². The molecule has 1 rings (SSSR count). The van der Waals surface area contributed by atoms with Crippen LogP contribution in [-0.2, 0) is 20.8 Å². The minimum atomic E-state index is -0.533. The number of hydrogen-bond acceptors (Lipinski definition) is 6. The smallest absolute Gasteiger partial charge is 0.327 e. The quantitative estimate of drug-likeness (QED) is 0.739. The molecule has 0 aliphatic rings. The van der Waals surface area contributed by atoms with Gasteiger partial charge in [-0.1, -0.05) is 0 Å². The second kappa shape index (κ2) is 7.56. The van der Waals surface area contributed by atoms with E-state index in [1.165, 1.54) is 13.3 Å². The molecule has 0 bridgehead atoms. The Bertz CT molecular complexity index is 557. The Labute approximate surface area is 131 Å². The molecule has 1 aromatic heterocycles. The first kappa shape index (κ1) is 17.6. The molecule has 1 aromatic rings. The predicted molar refractivity (Wildman–Crippen MR) is 82.4 cm³/mol. The summed E-state index contributed by atoms with van der Waals surface area (Å²) in [6.07, 6.45) is 1.48. The maximum atomic E-state index is 12.1. The van der Waals surface area contributed by atoms with Crippen molar-refractivity contribution in [2.45, 2.75) is 32.9 Å². The highest BCUT2D eigenvalue weighted by Crippen LogP contribution is 2.18. The van der Waals surface area contributed by atoms with Gasteiger partial charge in [-0.05, 0) is 36.7 Å². The number of ether oxygens (including phenoxy) is 2. The molecule has 1 N–H and O–H groups in total. The van der Waals surface area contributed by atoms with Gasteiger partial charge in [-0.2, -0.15) is 5.10 Å². The van der Waals surface area contributed by atoms with Crippen LogP contribution in [0, 0.1) is 0 Å². The standard InChI is InChI=1S/C13H20BrN3O4/c1-5-21-13(2,3)8-15-9-6-16-17(7-10(18)20-4)12(19)11(9)14/h6,15H,5,7-8H2,1-4H3. The average Bonchev–Trinajstić information content (AvgIpc) is 2.42. The van der Waals surface area contributed by atoms with Gasteiger partial charge >= 0.3 is 5.97 Å². The van der Waals surface area contributed by atoms with Crippen LogP contribution in [0.5, 0.6) is 0 Å². The third-order valence-corrected chi connectivity index (χ3v) is 3.50. The number of nitrogens with one attached hydrogen (secondary N) is 1. The SMILES string of the molecule is CCOC(C)(C)CNc1cnn(CC(=O)OC)c(=O)c1Br. The first-order valence-corrected chi connectivity index (χ1v) is 7.30. The predicted octanol–water partition coefficient (Wildman–Crippen LogP) is 1.41. The lowest BCUT2D eigenvalue weighted by Gasteiger charge is -2.25. The zero-order valence-electron chi connectivity index (χ0n) is 12.6. The van der Waals surface area contributed by atoms with Gasteiger partial charge in [0.1, 0.15) is 11.0 Å². The number of carbonyl (C=O) groups excluding carboxylic acids is 1. The molecule has 0 aliphatic heterocycles. The molecule has 1 heterocycles. The second-order valence-corrected chi connectivity index (χ2v) is 5.75. The maximum Gasteiger partial charge on any atom is 0.327 e. The Morgan fingerprint density at radius 3 is 2.76 bits per heavy atom. The number of esters is 1. The Hall–Kier alpha value is -1.41. The molecule has 8 heteroatoms. The lowest BCUT2D eigenvalue weighted by Crippen LogP contribution is -2.34. The van der Waals surface area contributed by atoms with E-state index in [0.29, 0.717) is 23.3 Å². The molecule has 0 unspecified atom stereocenters. The molecule has 118 valence electrons. The van der Waals surface area contributed by atoms with E-state index < -0.39 is 11.5 Å². The number of rotatable bonds is 7. The monoisotopic (exact) mass is 361 g/mol. The molecule has 0 radical (unpaired) electrons. The Balaban J connectivity index is 2.85. The molecule has 0 spiro atoms. The highest BCUT2D eigenvalue weighted by atomic mass is 79.9. The van der Waals surface area contributed by atoms with Crippen molar-refractivity contribution >= 4 is 27.6 Å². The topological polar surface area (TPSA) is 82.4 Å². The van der Waals surface area contributed by atoms with E-state index >= 15 is 0 Å². The van der Waals surface area contributed by atoms with Crippen LogP contribution in [0.1, 0.15) is 20.8 Å². The van der Waals surface area contributed by atoms with Gasteiger partial charge in [0, 0.05) is 13.2 Å². The van der Waals surface area contributed by atoms with Crippen molar-refractivity contribution in [1.29, 1.82) is 0 Å². The molecule has 0 atom stereocenters. The summed E-state index contributed by atoms with van der Waals surface area (Å²) in [7, 11) is 1.26. The summed E-state index contributed by atoms with van der Waals surface area (Å²) in [5.41, 5.74) is -0.219. The van der Waals surface area contributed by atoms with Crippen LogP contribution in [-0.4, -0.2) is 41.6 Å². The van der Waals surface area contributed by atoms with Crippen LogP contribution in [0.4, 0.5) is 5.69 Å². The summed E-state index contributed by atoms with van der Waals surface area (Å²) in [6.45, 7) is 6.72. The van der Waals surface area contributed by atoms with E-state index in [0.717, 1.165) is 4.68 Å². The minimum absolute atomic E-state index is 0.224. The Morgan fingerprint density at radius 2 is 2.19 bits per heavy atom. The molecule has 21 heavy (non-hydrogen) atoms. The van der Waals surface area contributed by atoms with E-state index in [-0.39, 0.29) is 12.1 Å². The van der Waals surface area contributed by atoms with E-state index in [1.54, 1.807) is 0 Å². The van der Waals surface area contributed by atoms with Crippen LogP contribution in [0.3, 0.4) is 0 Å². The van der Waals surface area contributed by atoms with E-state index in [1.807, 2.05) is 20.8 Å². The van der Waals surface area contributed by atoms with Gasteiger partial charge in [-0.25, -0.2) is 4.68 Å². The molecule has 0 aromatic carbocycles. The average molecular weight is 362 g/mol. The molecule has 7 nitrogen and oxygen atoms in total. The van der Waals surface area contributed by atoms with Crippen molar-refractivity contribution in [3.63, 3.8) is 0 Å². The number of halogens is 1. The normalized spacial score (nSPS) is 11.3. The first-order chi connectivity index (χ1) is 9.80. The van der Waals surface area contributed by atoms with Gasteiger partial charge in [0.15, 0.2) is 0 Å². The number of nitrogens with zero attached hydrogens (tertiary/aromatic N) is 2. The van der Waals surface area contributed by atoms with Crippen LogP contribution in [0.15, 0.2) is 15.5 Å². The summed E-state index contributed by atoms with van der Waals surface area (Å²) < 4.78 is 11.4. The van der Waals surface area contributed by atoms with Crippen molar-refractivity contribution in [2.24, 2.45) is 0 Å². The van der Waals surface area contributed by atoms with Crippen LogP contribution < -0.4 is 10.9 Å². The number of hydrogen-bond donors (Lipinski definition) is 1. The van der Waals surface area contributed by atoms with Gasteiger partial charge in [0.05, 0.1) is 24.6 Å². The highest BCUT2D eigenvalue weighted by Gasteiger charge is 2.19. The molecule has 0 saturated carbocycles. The van der Waals surface area contributed by atoms with E-state index in [9.17, 15) is 9.59 Å². The molecule has 0 saturated heterocycles. The lowest BCUT2D eigenvalue weighted by atomic mass is 10.1. The number of carbonyl (C=O) groups is 1. The summed E-state index contributed by atoms with van der Waals surface area (Å²) in [5, 5.41) is 7.05.